The largest absolute Gasteiger partial charge is 0.489 e. The van der Waals surface area contributed by atoms with Crippen LogP contribution in [0, 0.1) is 5.92 Å². The normalized spacial score (nSPS) is 24.8. The lowest BCUT2D eigenvalue weighted by atomic mass is 9.87. The maximum Gasteiger partial charge on any atom is 0.254 e. The summed E-state index contributed by atoms with van der Waals surface area (Å²) in [4.78, 5) is 25.3. The molecule has 1 saturated carbocycles. The number of fused-ring (bicyclic) bond motifs is 1. The van der Waals surface area contributed by atoms with E-state index in [2.05, 4.69) is 10.6 Å². The lowest BCUT2D eigenvalue weighted by molar-refractivity contribution is 0.0947. The van der Waals surface area contributed by atoms with Crippen LogP contribution in [0.5, 0.6) is 5.75 Å². The Hall–Kier alpha value is -2.86. The number of carbonyl (C=O) groups is 2. The first kappa shape index (κ1) is 18.5. The van der Waals surface area contributed by atoms with Crippen LogP contribution in [-0.4, -0.2) is 42.7 Å². The Morgan fingerprint density at radius 1 is 1.18 bits per heavy atom. The van der Waals surface area contributed by atoms with Gasteiger partial charge in [-0.2, -0.15) is 0 Å². The Bertz CT molecular complexity index is 912. The van der Waals surface area contributed by atoms with Gasteiger partial charge in [0, 0.05) is 42.7 Å². The Kier molecular flexibility index (Phi) is 4.81. The van der Waals surface area contributed by atoms with Gasteiger partial charge in [0.2, 0.25) is 0 Å². The molecule has 1 aliphatic carbocycles. The van der Waals surface area contributed by atoms with E-state index in [0.717, 1.165) is 17.5 Å². The summed E-state index contributed by atoms with van der Waals surface area (Å²) in [6.07, 6.45) is 0.628. The van der Waals surface area contributed by atoms with Gasteiger partial charge in [-0.3, -0.25) is 9.59 Å². The van der Waals surface area contributed by atoms with E-state index >= 15 is 0 Å². The Balaban J connectivity index is 1.75. The Labute approximate surface area is 163 Å². The van der Waals surface area contributed by atoms with Crippen LogP contribution in [0.1, 0.15) is 51.1 Å². The minimum atomic E-state index is -0.286. The van der Waals surface area contributed by atoms with Gasteiger partial charge in [-0.25, -0.2) is 0 Å². The van der Waals surface area contributed by atoms with Crippen molar-refractivity contribution in [2.45, 2.75) is 31.4 Å². The number of amides is 2. The number of hydrogen-bond acceptors (Lipinski definition) is 4. The summed E-state index contributed by atoms with van der Waals surface area (Å²) < 4.78 is 6.06. The van der Waals surface area contributed by atoms with Gasteiger partial charge in [0.05, 0.1) is 5.56 Å². The smallest absolute Gasteiger partial charge is 0.254 e. The number of hydrogen-bond donors (Lipinski definition) is 3. The average Bonchev–Trinajstić information content (AvgIpc) is 3.38. The molecule has 4 atom stereocenters. The molecule has 6 nitrogen and oxygen atoms in total. The van der Waals surface area contributed by atoms with E-state index in [1.165, 1.54) is 0 Å². The highest BCUT2D eigenvalue weighted by Crippen LogP contribution is 2.45. The molecule has 0 spiro atoms. The molecule has 2 aliphatic rings. The number of aliphatic hydroxyl groups is 1. The summed E-state index contributed by atoms with van der Waals surface area (Å²) >= 11 is 0. The molecule has 1 heterocycles. The summed E-state index contributed by atoms with van der Waals surface area (Å²) in [6.45, 7) is 2.04. The molecular formula is C22H24N2O4. The summed E-state index contributed by atoms with van der Waals surface area (Å²) in [6, 6.07) is 13.4. The van der Waals surface area contributed by atoms with E-state index in [0.29, 0.717) is 16.9 Å². The predicted molar refractivity (Wildman–Crippen MR) is 105 cm³/mol. The minimum absolute atomic E-state index is 0.00528. The third-order valence-electron chi connectivity index (χ3n) is 5.59. The van der Waals surface area contributed by atoms with Gasteiger partial charge >= 0.3 is 0 Å². The molecule has 2 aromatic carbocycles. The first-order valence-electron chi connectivity index (χ1n) is 9.56. The molecule has 2 aromatic rings. The SMILES string of the molecule is CNC(=O)c1cc(C(=O)N[C@H]2C[C@@H]2CO)cc2c1OC(C)C2c1ccccc1. The van der Waals surface area contributed by atoms with Gasteiger partial charge in [0.1, 0.15) is 11.9 Å². The van der Waals surface area contributed by atoms with Crippen LogP contribution in [-0.2, 0) is 0 Å². The molecule has 2 unspecified atom stereocenters. The molecule has 0 radical (unpaired) electrons. The zero-order valence-electron chi connectivity index (χ0n) is 15.9. The number of rotatable bonds is 5. The second kappa shape index (κ2) is 7.28. The molecule has 6 heteroatoms. The number of benzene rings is 2. The molecule has 1 aliphatic heterocycles. The molecule has 28 heavy (non-hydrogen) atoms. The van der Waals surface area contributed by atoms with E-state index in [4.69, 9.17) is 4.74 Å². The van der Waals surface area contributed by atoms with Crippen LogP contribution in [0.3, 0.4) is 0 Å². The fourth-order valence-electron chi connectivity index (χ4n) is 3.94. The van der Waals surface area contributed by atoms with E-state index in [-0.39, 0.29) is 42.4 Å². The van der Waals surface area contributed by atoms with Crippen LogP contribution in [0.4, 0.5) is 0 Å². The van der Waals surface area contributed by atoms with E-state index in [9.17, 15) is 14.7 Å². The average molecular weight is 380 g/mol. The second-order valence-corrected chi connectivity index (χ2v) is 7.49. The molecule has 0 aromatic heterocycles. The second-order valence-electron chi connectivity index (χ2n) is 7.49. The van der Waals surface area contributed by atoms with Crippen LogP contribution >= 0.6 is 0 Å². The molecule has 0 bridgehead atoms. The number of ether oxygens (including phenoxy) is 1. The molecule has 0 saturated heterocycles. The van der Waals surface area contributed by atoms with Crippen molar-refractivity contribution in [3.8, 4) is 5.75 Å². The monoisotopic (exact) mass is 380 g/mol. The zero-order chi connectivity index (χ0) is 19.8. The fraction of sp³-hybridized carbons (Fsp3) is 0.364. The number of carbonyl (C=O) groups excluding carboxylic acids is 2. The third kappa shape index (κ3) is 3.24. The molecule has 3 N–H and O–H groups in total. The summed E-state index contributed by atoms with van der Waals surface area (Å²) in [5.74, 6) is 0.0827. The Morgan fingerprint density at radius 3 is 2.57 bits per heavy atom. The van der Waals surface area contributed by atoms with Crippen molar-refractivity contribution >= 4 is 11.8 Å². The molecule has 1 fully saturated rings. The van der Waals surface area contributed by atoms with Crippen LogP contribution in [0.2, 0.25) is 0 Å². The van der Waals surface area contributed by atoms with Gasteiger partial charge in [0.25, 0.3) is 11.8 Å². The number of aliphatic hydroxyl groups excluding tert-OH is 1. The lowest BCUT2D eigenvalue weighted by Crippen LogP contribution is -2.28. The van der Waals surface area contributed by atoms with Gasteiger partial charge in [-0.15, -0.1) is 0 Å². The predicted octanol–water partition coefficient (Wildman–Crippen LogP) is 2.07. The standard InChI is InChI=1S/C22H24N2O4/c1-12-19(13-6-4-3-5-7-13)16-8-14(21(26)24-18-10-15(18)11-25)9-17(20(16)28-12)22(27)23-2/h3-9,12,15,18-19,25H,10-11H2,1-2H3,(H,23,27)(H,24,26)/t12?,15-,18+,19?/m1/s1. The number of nitrogens with one attached hydrogen (secondary N) is 2. The molecular weight excluding hydrogens is 356 g/mol. The van der Waals surface area contributed by atoms with Crippen molar-refractivity contribution in [2.24, 2.45) is 5.92 Å². The summed E-state index contributed by atoms with van der Waals surface area (Å²) in [5, 5.41) is 14.8. The van der Waals surface area contributed by atoms with Crippen LogP contribution in [0.15, 0.2) is 42.5 Å². The highest BCUT2D eigenvalue weighted by molar-refractivity contribution is 6.02. The first-order chi connectivity index (χ1) is 13.5. The molecule has 2 amide bonds. The van der Waals surface area contributed by atoms with Crippen molar-refractivity contribution in [3.63, 3.8) is 0 Å². The highest BCUT2D eigenvalue weighted by Gasteiger charge is 2.39. The van der Waals surface area contributed by atoms with Crippen LogP contribution in [0.25, 0.3) is 0 Å². The maximum absolute atomic E-state index is 12.8. The Morgan fingerprint density at radius 2 is 1.93 bits per heavy atom. The first-order valence-corrected chi connectivity index (χ1v) is 9.56. The van der Waals surface area contributed by atoms with Gasteiger partial charge in [-0.1, -0.05) is 30.3 Å². The zero-order valence-corrected chi connectivity index (χ0v) is 15.9. The van der Waals surface area contributed by atoms with E-state index in [1.807, 2.05) is 43.3 Å². The van der Waals surface area contributed by atoms with Gasteiger partial charge in [0.15, 0.2) is 0 Å². The molecule has 4 rings (SSSR count). The molecule has 146 valence electrons. The highest BCUT2D eigenvalue weighted by atomic mass is 16.5. The third-order valence-corrected chi connectivity index (χ3v) is 5.59. The van der Waals surface area contributed by atoms with Crippen molar-refractivity contribution in [1.82, 2.24) is 10.6 Å². The van der Waals surface area contributed by atoms with Crippen molar-refractivity contribution in [1.29, 1.82) is 0 Å². The maximum atomic E-state index is 12.8. The summed E-state index contributed by atoms with van der Waals surface area (Å²) in [5.41, 5.74) is 2.72. The van der Waals surface area contributed by atoms with Crippen molar-refractivity contribution in [3.05, 3.63) is 64.7 Å². The lowest BCUT2D eigenvalue weighted by Gasteiger charge is -2.15. The fourth-order valence-corrected chi connectivity index (χ4v) is 3.94. The van der Waals surface area contributed by atoms with Crippen molar-refractivity contribution < 1.29 is 19.4 Å². The quantitative estimate of drug-likeness (QED) is 0.741. The van der Waals surface area contributed by atoms with E-state index in [1.54, 1.807) is 13.1 Å². The minimum Gasteiger partial charge on any atom is -0.489 e. The van der Waals surface area contributed by atoms with Gasteiger partial charge in [-0.05, 0) is 31.0 Å². The van der Waals surface area contributed by atoms with Crippen molar-refractivity contribution in [2.75, 3.05) is 13.7 Å². The van der Waals surface area contributed by atoms with Crippen LogP contribution < -0.4 is 15.4 Å². The van der Waals surface area contributed by atoms with Gasteiger partial charge < -0.3 is 20.5 Å². The topological polar surface area (TPSA) is 87.7 Å². The van der Waals surface area contributed by atoms with E-state index < -0.39 is 0 Å². The summed E-state index contributed by atoms with van der Waals surface area (Å²) in [7, 11) is 1.56.